The molecule has 0 aliphatic carbocycles. The van der Waals surface area contributed by atoms with Crippen molar-refractivity contribution in [3.8, 4) is 11.1 Å². The second-order valence-corrected chi connectivity index (χ2v) is 6.95. The molecule has 4 rings (SSSR count). The van der Waals surface area contributed by atoms with Crippen molar-refractivity contribution in [2.24, 2.45) is 5.73 Å². The van der Waals surface area contributed by atoms with Crippen LogP contribution in [0.3, 0.4) is 0 Å². The molecule has 1 amide bonds. The van der Waals surface area contributed by atoms with Gasteiger partial charge in [-0.3, -0.25) is 4.79 Å². The maximum atomic E-state index is 13.5. The summed E-state index contributed by atoms with van der Waals surface area (Å²) in [5, 5.41) is 0.262. The highest BCUT2D eigenvalue weighted by Gasteiger charge is 2.46. The quantitative estimate of drug-likeness (QED) is 0.639. The van der Waals surface area contributed by atoms with Crippen molar-refractivity contribution in [1.82, 2.24) is 4.90 Å². The topological polar surface area (TPSA) is 59.5 Å². The van der Waals surface area contributed by atoms with E-state index in [1.165, 1.54) is 30.3 Å². The molecule has 2 aromatic carbocycles. The highest BCUT2D eigenvalue weighted by Crippen LogP contribution is 2.39. The number of carbonyl (C=O) groups excluding carboxylic acids is 1. The fourth-order valence-corrected chi connectivity index (χ4v) is 3.33. The Morgan fingerprint density at radius 1 is 1.07 bits per heavy atom. The van der Waals surface area contributed by atoms with Gasteiger partial charge in [-0.1, -0.05) is 12.1 Å². The number of carbonyl (C=O) groups is 1. The van der Waals surface area contributed by atoms with E-state index in [0.29, 0.717) is 5.56 Å². The molecule has 2 N–H and O–H groups in total. The number of rotatable bonds is 3. The van der Waals surface area contributed by atoms with Gasteiger partial charge in [-0.15, -0.1) is 0 Å². The van der Waals surface area contributed by atoms with Gasteiger partial charge in [-0.05, 0) is 41.5 Å². The van der Waals surface area contributed by atoms with Gasteiger partial charge in [0.25, 0.3) is 11.8 Å². The lowest BCUT2D eigenvalue weighted by molar-refractivity contribution is -0.136. The number of benzene rings is 2. The average molecular weight is 410 g/mol. The van der Waals surface area contributed by atoms with Crippen LogP contribution in [-0.4, -0.2) is 29.8 Å². The monoisotopic (exact) mass is 410 g/mol. The smallest absolute Gasteiger partial charge is 0.420 e. The predicted octanol–water partition coefficient (Wildman–Crippen LogP) is 4.67. The van der Waals surface area contributed by atoms with Gasteiger partial charge in [0.05, 0.1) is 25.2 Å². The first kappa shape index (κ1) is 19.4. The molecule has 1 aliphatic heterocycles. The minimum Gasteiger partial charge on any atom is -0.459 e. The molecule has 9 heteroatoms. The predicted molar refractivity (Wildman–Crippen MR) is 95.4 cm³/mol. The Morgan fingerprint density at radius 3 is 2.28 bits per heavy atom. The molecule has 1 aromatic heterocycles. The summed E-state index contributed by atoms with van der Waals surface area (Å²) in [6, 6.07) is 9.75. The third kappa shape index (κ3) is 3.57. The molecule has 4 nitrogen and oxygen atoms in total. The summed E-state index contributed by atoms with van der Waals surface area (Å²) in [5.74, 6) is -3.18. The first-order valence-corrected chi connectivity index (χ1v) is 8.69. The Labute approximate surface area is 161 Å². The van der Waals surface area contributed by atoms with Gasteiger partial charge in [-0.2, -0.15) is 13.2 Å². The van der Waals surface area contributed by atoms with E-state index in [-0.39, 0.29) is 34.4 Å². The van der Waals surface area contributed by atoms with Crippen LogP contribution in [-0.2, 0) is 12.7 Å². The van der Waals surface area contributed by atoms with E-state index in [2.05, 4.69) is 0 Å². The summed E-state index contributed by atoms with van der Waals surface area (Å²) < 4.78 is 71.6. The largest absolute Gasteiger partial charge is 0.459 e. The fourth-order valence-electron chi connectivity index (χ4n) is 3.33. The van der Waals surface area contributed by atoms with E-state index in [9.17, 15) is 26.7 Å². The van der Waals surface area contributed by atoms with Gasteiger partial charge in [0.15, 0.2) is 0 Å². The van der Waals surface area contributed by atoms with Crippen LogP contribution >= 0.6 is 0 Å². The number of fused-ring (bicyclic) bond motifs is 1. The second kappa shape index (κ2) is 6.55. The van der Waals surface area contributed by atoms with Crippen molar-refractivity contribution in [1.29, 1.82) is 0 Å². The number of likely N-dealkylation sites (tertiary alicyclic amines) is 1. The van der Waals surface area contributed by atoms with Crippen molar-refractivity contribution in [2.45, 2.75) is 18.6 Å². The van der Waals surface area contributed by atoms with Crippen LogP contribution in [0.1, 0.15) is 21.7 Å². The van der Waals surface area contributed by atoms with E-state index in [4.69, 9.17) is 10.2 Å². The minimum absolute atomic E-state index is 0.0341. The third-order valence-corrected chi connectivity index (χ3v) is 4.77. The molecule has 152 valence electrons. The van der Waals surface area contributed by atoms with E-state index in [1.54, 1.807) is 6.07 Å². The average Bonchev–Trinajstić information content (AvgIpc) is 3.07. The number of amides is 1. The van der Waals surface area contributed by atoms with E-state index in [0.717, 1.165) is 11.0 Å². The summed E-state index contributed by atoms with van der Waals surface area (Å²) >= 11 is 0. The molecular weight excluding hydrogens is 395 g/mol. The molecule has 0 saturated carbocycles. The van der Waals surface area contributed by atoms with Gasteiger partial charge in [0, 0.05) is 10.9 Å². The maximum Gasteiger partial charge on any atom is 0.420 e. The lowest BCUT2D eigenvalue weighted by Crippen LogP contribution is -2.58. The number of halogens is 5. The molecule has 1 aliphatic rings. The van der Waals surface area contributed by atoms with Crippen LogP contribution in [0.5, 0.6) is 0 Å². The summed E-state index contributed by atoms with van der Waals surface area (Å²) in [6.07, 6.45) is -4.63. The van der Waals surface area contributed by atoms with Crippen LogP contribution < -0.4 is 5.73 Å². The lowest BCUT2D eigenvalue weighted by Gasteiger charge is -2.38. The van der Waals surface area contributed by atoms with Gasteiger partial charge in [-0.25, -0.2) is 8.78 Å². The Kier molecular flexibility index (Phi) is 4.38. The van der Waals surface area contributed by atoms with E-state index in [1.807, 2.05) is 0 Å². The molecular formula is C20H15F5N2O2. The van der Waals surface area contributed by atoms with Gasteiger partial charge in [0.1, 0.15) is 11.3 Å². The molecule has 2 heterocycles. The minimum atomic E-state index is -4.63. The van der Waals surface area contributed by atoms with Gasteiger partial charge in [0.2, 0.25) is 0 Å². The first-order valence-electron chi connectivity index (χ1n) is 8.69. The molecule has 3 aromatic rings. The molecule has 0 radical (unpaired) electrons. The van der Waals surface area contributed by atoms with Crippen LogP contribution in [0, 0.1) is 0 Å². The maximum absolute atomic E-state index is 13.5. The zero-order valence-corrected chi connectivity index (χ0v) is 14.9. The molecule has 0 bridgehead atoms. The Hall–Kier alpha value is -2.94. The highest BCUT2D eigenvalue weighted by molar-refractivity contribution is 5.95. The SMILES string of the molecule is NCc1cc2cc(-c3ccc(C(=O)N4CC(F)(F)C4)cc3)cc(C(F)(F)F)c2o1. The zero-order valence-electron chi connectivity index (χ0n) is 14.9. The van der Waals surface area contributed by atoms with Crippen molar-refractivity contribution >= 4 is 16.9 Å². The van der Waals surface area contributed by atoms with E-state index >= 15 is 0 Å². The second-order valence-electron chi connectivity index (χ2n) is 6.95. The first-order chi connectivity index (χ1) is 13.6. The van der Waals surface area contributed by atoms with E-state index < -0.39 is 36.7 Å². The molecule has 1 saturated heterocycles. The zero-order chi connectivity index (χ0) is 21.0. The summed E-state index contributed by atoms with van der Waals surface area (Å²) in [7, 11) is 0. The molecule has 0 spiro atoms. The van der Waals surface area contributed by atoms with Crippen LogP contribution in [0.15, 0.2) is 46.9 Å². The number of furan rings is 1. The summed E-state index contributed by atoms with van der Waals surface area (Å²) in [4.78, 5) is 13.2. The summed E-state index contributed by atoms with van der Waals surface area (Å²) in [5.41, 5.74) is 5.17. The fraction of sp³-hybridized carbons (Fsp3) is 0.250. The normalized spacial score (nSPS) is 16.1. The summed E-state index contributed by atoms with van der Waals surface area (Å²) in [6.45, 7) is -1.31. The lowest BCUT2D eigenvalue weighted by atomic mass is 9.98. The number of hydrogen-bond acceptors (Lipinski definition) is 3. The van der Waals surface area contributed by atoms with Crippen molar-refractivity contribution in [2.75, 3.05) is 13.1 Å². The number of alkyl halides is 5. The highest BCUT2D eigenvalue weighted by atomic mass is 19.4. The molecule has 0 atom stereocenters. The third-order valence-electron chi connectivity index (χ3n) is 4.77. The number of nitrogens with two attached hydrogens (primary N) is 1. The Morgan fingerprint density at radius 2 is 1.72 bits per heavy atom. The van der Waals surface area contributed by atoms with Crippen molar-refractivity contribution in [3.63, 3.8) is 0 Å². The Balaban J connectivity index is 1.68. The van der Waals surface area contributed by atoms with Gasteiger partial charge < -0.3 is 15.1 Å². The van der Waals surface area contributed by atoms with Crippen LogP contribution in [0.2, 0.25) is 0 Å². The number of nitrogens with zero attached hydrogens (tertiary/aromatic N) is 1. The Bertz CT molecular complexity index is 1080. The standard InChI is InChI=1S/C20H15F5N2O2/c21-19(22)9-27(10-19)18(28)12-3-1-11(2-4-12)13-5-14-6-15(8-26)29-17(14)16(7-13)20(23,24)25/h1-7H,8-10,26H2. The van der Waals surface area contributed by atoms with Crippen molar-refractivity contribution < 1.29 is 31.2 Å². The molecule has 29 heavy (non-hydrogen) atoms. The number of hydrogen-bond donors (Lipinski definition) is 1. The van der Waals surface area contributed by atoms with Gasteiger partial charge >= 0.3 is 6.18 Å². The van der Waals surface area contributed by atoms with Crippen LogP contribution in [0.25, 0.3) is 22.1 Å². The van der Waals surface area contributed by atoms with Crippen molar-refractivity contribution in [3.05, 3.63) is 59.4 Å². The molecule has 0 unspecified atom stereocenters. The van der Waals surface area contributed by atoms with Crippen LogP contribution in [0.4, 0.5) is 22.0 Å². The molecule has 1 fully saturated rings.